The molecule has 2 aromatic carbocycles. The molecule has 5 rings (SSSR count). The number of hydrogen-bond acceptors (Lipinski definition) is 5. The summed E-state index contributed by atoms with van der Waals surface area (Å²) >= 11 is 0. The Balaban J connectivity index is 1.63. The van der Waals surface area contributed by atoms with Crippen LogP contribution >= 0.6 is 0 Å². The van der Waals surface area contributed by atoms with E-state index in [0.717, 1.165) is 57.6 Å². The quantitative estimate of drug-likeness (QED) is 0.620. The van der Waals surface area contributed by atoms with E-state index in [0.29, 0.717) is 6.61 Å². The van der Waals surface area contributed by atoms with Crippen LogP contribution in [0.5, 0.6) is 5.75 Å². The Hall–Kier alpha value is -3.08. The normalized spacial score (nSPS) is 14.2. The fourth-order valence-electron chi connectivity index (χ4n) is 3.44. The number of aryl methyl sites for hydroxylation is 1. The van der Waals surface area contributed by atoms with Crippen LogP contribution in [0, 0.1) is 6.92 Å². The van der Waals surface area contributed by atoms with Gasteiger partial charge in [-0.05, 0) is 42.6 Å². The predicted molar refractivity (Wildman–Crippen MR) is 99.6 cm³/mol. The summed E-state index contributed by atoms with van der Waals surface area (Å²) in [6.07, 6.45) is 3.71. The Kier molecular flexibility index (Phi) is 3.13. The molecule has 124 valence electrons. The largest absolute Gasteiger partial charge is 0.486 e. The number of nitrogens with zero attached hydrogens (tertiary/aromatic N) is 2. The third kappa shape index (κ3) is 2.31. The number of fused-ring (bicyclic) bond motifs is 4. The molecule has 0 fully saturated rings. The molecule has 1 aliphatic rings. The molecule has 0 radical (unpaired) electrons. The molecule has 0 atom stereocenters. The lowest BCUT2D eigenvalue weighted by Crippen LogP contribution is -2.24. The molecular formula is C20H17N3O2. The SMILES string of the molecule is Cc1c2ccncc2cc2c1oc1ccc(OCC3=NCCN3)cc12. The minimum Gasteiger partial charge on any atom is -0.486 e. The van der Waals surface area contributed by atoms with Crippen molar-refractivity contribution < 1.29 is 9.15 Å². The zero-order valence-electron chi connectivity index (χ0n) is 13.9. The minimum atomic E-state index is 0.465. The van der Waals surface area contributed by atoms with Gasteiger partial charge in [0.1, 0.15) is 29.4 Å². The highest BCUT2D eigenvalue weighted by Crippen LogP contribution is 2.36. The van der Waals surface area contributed by atoms with Crippen LogP contribution in [-0.2, 0) is 0 Å². The van der Waals surface area contributed by atoms with Crippen LogP contribution in [0.3, 0.4) is 0 Å². The highest BCUT2D eigenvalue weighted by Gasteiger charge is 2.13. The predicted octanol–water partition coefficient (Wildman–Crippen LogP) is 3.82. The van der Waals surface area contributed by atoms with Crippen molar-refractivity contribution in [3.05, 3.63) is 48.3 Å². The zero-order valence-corrected chi connectivity index (χ0v) is 13.9. The van der Waals surface area contributed by atoms with Gasteiger partial charge in [0, 0.05) is 40.7 Å². The van der Waals surface area contributed by atoms with Crippen molar-refractivity contribution in [2.75, 3.05) is 19.7 Å². The Morgan fingerprint density at radius 3 is 3.00 bits per heavy atom. The second-order valence-electron chi connectivity index (χ2n) is 6.28. The summed E-state index contributed by atoms with van der Waals surface area (Å²) in [5.74, 6) is 1.72. The van der Waals surface area contributed by atoms with Gasteiger partial charge >= 0.3 is 0 Å². The second-order valence-corrected chi connectivity index (χ2v) is 6.28. The number of hydrogen-bond donors (Lipinski definition) is 1. The molecule has 0 unspecified atom stereocenters. The average Bonchev–Trinajstić information content (AvgIpc) is 3.28. The molecule has 2 aromatic heterocycles. The lowest BCUT2D eigenvalue weighted by molar-refractivity contribution is 0.374. The summed E-state index contributed by atoms with van der Waals surface area (Å²) < 4.78 is 12.0. The minimum absolute atomic E-state index is 0.465. The van der Waals surface area contributed by atoms with Gasteiger partial charge in [-0.25, -0.2) is 0 Å². The summed E-state index contributed by atoms with van der Waals surface area (Å²) in [4.78, 5) is 8.59. The van der Waals surface area contributed by atoms with Crippen molar-refractivity contribution in [3.8, 4) is 5.75 Å². The van der Waals surface area contributed by atoms with E-state index >= 15 is 0 Å². The van der Waals surface area contributed by atoms with E-state index in [1.165, 1.54) is 5.39 Å². The zero-order chi connectivity index (χ0) is 16.8. The molecule has 4 aromatic rings. The molecule has 25 heavy (non-hydrogen) atoms. The molecular weight excluding hydrogens is 314 g/mol. The number of nitrogens with one attached hydrogen (secondary N) is 1. The van der Waals surface area contributed by atoms with Crippen molar-refractivity contribution in [2.45, 2.75) is 6.92 Å². The molecule has 5 heteroatoms. The van der Waals surface area contributed by atoms with E-state index in [1.807, 2.05) is 36.7 Å². The van der Waals surface area contributed by atoms with E-state index in [4.69, 9.17) is 9.15 Å². The van der Waals surface area contributed by atoms with Crippen molar-refractivity contribution in [3.63, 3.8) is 0 Å². The smallest absolute Gasteiger partial charge is 0.145 e. The number of aliphatic imine (C=N–C) groups is 1. The third-order valence-electron chi connectivity index (χ3n) is 4.71. The van der Waals surface area contributed by atoms with Gasteiger partial charge in [0.2, 0.25) is 0 Å². The van der Waals surface area contributed by atoms with E-state index in [2.05, 4.69) is 28.3 Å². The van der Waals surface area contributed by atoms with Gasteiger partial charge in [0.05, 0.1) is 6.54 Å². The number of pyridine rings is 1. The Labute approximate surface area is 144 Å². The maximum Gasteiger partial charge on any atom is 0.145 e. The Morgan fingerprint density at radius 2 is 2.12 bits per heavy atom. The van der Waals surface area contributed by atoms with E-state index in [9.17, 15) is 0 Å². The number of amidine groups is 1. The van der Waals surface area contributed by atoms with Crippen LogP contribution < -0.4 is 10.1 Å². The monoisotopic (exact) mass is 331 g/mol. The van der Waals surface area contributed by atoms with Crippen LogP contribution in [0.4, 0.5) is 0 Å². The summed E-state index contributed by atoms with van der Waals surface area (Å²) in [6, 6.07) is 10.1. The first-order valence-corrected chi connectivity index (χ1v) is 8.39. The van der Waals surface area contributed by atoms with Gasteiger partial charge in [-0.15, -0.1) is 0 Å². The van der Waals surface area contributed by atoms with Crippen molar-refractivity contribution in [1.29, 1.82) is 0 Å². The second kappa shape index (κ2) is 5.48. The first-order chi connectivity index (χ1) is 12.3. The fraction of sp³-hybridized carbons (Fsp3) is 0.200. The first-order valence-electron chi connectivity index (χ1n) is 8.39. The topological polar surface area (TPSA) is 59.7 Å². The van der Waals surface area contributed by atoms with Crippen LogP contribution in [-0.4, -0.2) is 30.5 Å². The van der Waals surface area contributed by atoms with Crippen molar-refractivity contribution in [1.82, 2.24) is 10.3 Å². The molecule has 0 spiro atoms. The number of benzene rings is 2. The summed E-state index contributed by atoms with van der Waals surface area (Å²) in [6.45, 7) is 4.27. The van der Waals surface area contributed by atoms with E-state index in [1.54, 1.807) is 0 Å². The molecule has 0 saturated heterocycles. The number of furan rings is 1. The van der Waals surface area contributed by atoms with Gasteiger partial charge in [0.25, 0.3) is 0 Å². The molecule has 0 bridgehead atoms. The Bertz CT molecular complexity index is 1140. The van der Waals surface area contributed by atoms with Crippen LogP contribution in [0.2, 0.25) is 0 Å². The maximum absolute atomic E-state index is 6.11. The average molecular weight is 331 g/mol. The number of aromatic nitrogens is 1. The third-order valence-corrected chi connectivity index (χ3v) is 4.71. The fourth-order valence-corrected chi connectivity index (χ4v) is 3.44. The van der Waals surface area contributed by atoms with Crippen molar-refractivity contribution >= 4 is 38.5 Å². The molecule has 0 saturated carbocycles. The van der Waals surface area contributed by atoms with Gasteiger partial charge in [-0.2, -0.15) is 0 Å². The Morgan fingerprint density at radius 1 is 1.16 bits per heavy atom. The highest BCUT2D eigenvalue weighted by molar-refractivity contribution is 6.12. The van der Waals surface area contributed by atoms with E-state index < -0.39 is 0 Å². The van der Waals surface area contributed by atoms with Gasteiger partial charge in [-0.1, -0.05) is 0 Å². The van der Waals surface area contributed by atoms with Crippen LogP contribution in [0.1, 0.15) is 5.56 Å². The lowest BCUT2D eigenvalue weighted by Gasteiger charge is -2.06. The molecule has 1 N–H and O–H groups in total. The molecule has 0 aliphatic carbocycles. The highest BCUT2D eigenvalue weighted by atomic mass is 16.5. The summed E-state index contributed by atoms with van der Waals surface area (Å²) in [7, 11) is 0. The molecule has 3 heterocycles. The van der Waals surface area contributed by atoms with E-state index in [-0.39, 0.29) is 0 Å². The standard InChI is InChI=1S/C20H17N3O2/c1-12-15-4-5-21-10-13(15)8-17-16-9-14(2-3-18(16)25-20(12)17)24-11-19-22-6-7-23-19/h2-5,8-10H,6-7,11H2,1H3,(H,22,23). The van der Waals surface area contributed by atoms with Crippen LogP contribution in [0.15, 0.2) is 52.1 Å². The number of rotatable bonds is 3. The van der Waals surface area contributed by atoms with Gasteiger partial charge in [0.15, 0.2) is 0 Å². The van der Waals surface area contributed by atoms with Gasteiger partial charge in [-0.3, -0.25) is 9.98 Å². The van der Waals surface area contributed by atoms with Crippen molar-refractivity contribution in [2.24, 2.45) is 4.99 Å². The van der Waals surface area contributed by atoms with Gasteiger partial charge < -0.3 is 14.5 Å². The number of ether oxygens (including phenoxy) is 1. The molecule has 1 aliphatic heterocycles. The lowest BCUT2D eigenvalue weighted by atomic mass is 10.0. The molecule has 0 amide bonds. The summed E-state index contributed by atoms with van der Waals surface area (Å²) in [5.41, 5.74) is 2.93. The summed E-state index contributed by atoms with van der Waals surface area (Å²) in [5, 5.41) is 7.65. The van der Waals surface area contributed by atoms with Crippen LogP contribution in [0.25, 0.3) is 32.7 Å². The first kappa shape index (κ1) is 14.3. The maximum atomic E-state index is 6.11. The molecule has 5 nitrogen and oxygen atoms in total.